The summed E-state index contributed by atoms with van der Waals surface area (Å²) in [6.07, 6.45) is 2.57. The van der Waals surface area contributed by atoms with Crippen LogP contribution in [0.1, 0.15) is 56.1 Å². The second-order valence-electron chi connectivity index (χ2n) is 11.6. The molecule has 3 aromatic rings. The molecule has 0 spiro atoms. The Morgan fingerprint density at radius 3 is 2.31 bits per heavy atom. The van der Waals surface area contributed by atoms with Crippen LogP contribution in [0.5, 0.6) is 5.75 Å². The van der Waals surface area contributed by atoms with Gasteiger partial charge in [0.25, 0.3) is 0 Å². The predicted octanol–water partition coefficient (Wildman–Crippen LogP) is 6.62. The summed E-state index contributed by atoms with van der Waals surface area (Å²) >= 11 is 0. The maximum absolute atomic E-state index is 13.2. The first-order valence-electron chi connectivity index (χ1n) is 14.8. The van der Waals surface area contributed by atoms with Gasteiger partial charge in [0, 0.05) is 42.9 Å². The van der Waals surface area contributed by atoms with Crippen molar-refractivity contribution in [2.45, 2.75) is 60.0 Å². The first kappa shape index (κ1) is 31.4. The first-order chi connectivity index (χ1) is 20.2. The normalized spacial score (nSPS) is 14.6. The van der Waals surface area contributed by atoms with Gasteiger partial charge in [-0.1, -0.05) is 38.1 Å². The Labute approximate surface area is 248 Å². The quantitative estimate of drug-likeness (QED) is 0.215. The Balaban J connectivity index is 1.63. The monoisotopic (exact) mass is 578 g/mol. The van der Waals surface area contributed by atoms with Gasteiger partial charge in [0.15, 0.2) is 0 Å². The van der Waals surface area contributed by atoms with Crippen LogP contribution in [0.3, 0.4) is 0 Å². The molecule has 1 aromatic heterocycles. The molecule has 42 heavy (non-hydrogen) atoms. The van der Waals surface area contributed by atoms with E-state index in [1.807, 2.05) is 38.1 Å². The number of piperidine rings is 1. The smallest absolute Gasteiger partial charge is 0.307 e. The number of nitrogens with zero attached hydrogens (tertiary/aromatic N) is 2. The zero-order valence-corrected chi connectivity index (χ0v) is 25.2. The third-order valence-electron chi connectivity index (χ3n) is 7.83. The van der Waals surface area contributed by atoms with Crippen molar-refractivity contribution in [2.24, 2.45) is 5.41 Å². The molecule has 1 saturated heterocycles. The molecule has 1 fully saturated rings. The van der Waals surface area contributed by atoms with Gasteiger partial charge in [0.2, 0.25) is 0 Å². The minimum absolute atomic E-state index is 0.135. The average molecular weight is 579 g/mol. The van der Waals surface area contributed by atoms with Gasteiger partial charge in [-0.25, -0.2) is 4.39 Å². The largest absolute Gasteiger partial charge is 0.493 e. The molecule has 0 radical (unpaired) electrons. The second-order valence-corrected chi connectivity index (χ2v) is 11.6. The highest BCUT2D eigenvalue weighted by Crippen LogP contribution is 2.42. The van der Waals surface area contributed by atoms with Crippen LogP contribution in [0, 0.1) is 18.2 Å². The summed E-state index contributed by atoms with van der Waals surface area (Å²) in [6.45, 7) is 12.4. The molecule has 0 saturated carbocycles. The van der Waals surface area contributed by atoms with E-state index in [0.29, 0.717) is 44.1 Å². The fourth-order valence-electron chi connectivity index (χ4n) is 5.36. The molecule has 4 rings (SSSR count). The van der Waals surface area contributed by atoms with Gasteiger partial charge in [0.05, 0.1) is 44.2 Å². The molecule has 0 amide bonds. The number of rotatable bonds is 14. The molecular weight excluding hydrogens is 535 g/mol. The molecule has 0 atom stereocenters. The minimum atomic E-state index is -0.898. The van der Waals surface area contributed by atoms with E-state index in [4.69, 9.17) is 19.2 Å². The van der Waals surface area contributed by atoms with Gasteiger partial charge in [-0.15, -0.1) is 0 Å². The molecule has 1 aliphatic heterocycles. The third-order valence-corrected chi connectivity index (χ3v) is 7.83. The molecule has 1 aliphatic rings. The van der Waals surface area contributed by atoms with Gasteiger partial charge < -0.3 is 24.2 Å². The van der Waals surface area contributed by atoms with Crippen molar-refractivity contribution in [1.29, 1.82) is 0 Å². The maximum Gasteiger partial charge on any atom is 0.307 e. The molecule has 226 valence electrons. The molecule has 1 N–H and O–H groups in total. The van der Waals surface area contributed by atoms with Crippen molar-refractivity contribution in [2.75, 3.05) is 44.4 Å². The van der Waals surface area contributed by atoms with Crippen molar-refractivity contribution in [3.05, 3.63) is 76.9 Å². The third kappa shape index (κ3) is 8.52. The second kappa shape index (κ2) is 14.6. The maximum atomic E-state index is 13.2. The van der Waals surface area contributed by atoms with Gasteiger partial charge in [-0.3, -0.25) is 9.78 Å². The number of carbonyl (C=O) groups is 1. The van der Waals surface area contributed by atoms with Crippen LogP contribution in [0.15, 0.2) is 48.5 Å². The summed E-state index contributed by atoms with van der Waals surface area (Å²) < 4.78 is 30.4. The van der Waals surface area contributed by atoms with Crippen LogP contribution in [0.4, 0.5) is 10.1 Å². The Kier molecular flexibility index (Phi) is 10.9. The minimum Gasteiger partial charge on any atom is -0.493 e. The summed E-state index contributed by atoms with van der Waals surface area (Å²) in [4.78, 5) is 19.4. The van der Waals surface area contributed by atoms with Crippen molar-refractivity contribution in [3.8, 4) is 16.9 Å². The fraction of sp³-hybridized carbons (Fsp3) is 0.471. The molecular formula is C34H43FN2O5. The van der Waals surface area contributed by atoms with Crippen LogP contribution < -0.4 is 9.64 Å². The molecule has 0 bridgehead atoms. The lowest BCUT2D eigenvalue weighted by Gasteiger charge is -2.40. The Hall–Kier alpha value is -3.49. The number of aromatic nitrogens is 1. The zero-order chi connectivity index (χ0) is 30.1. The number of hydrogen-bond donors (Lipinski definition) is 1. The highest BCUT2D eigenvalue weighted by atomic mass is 19.1. The van der Waals surface area contributed by atoms with Crippen LogP contribution in [0.25, 0.3) is 11.1 Å². The van der Waals surface area contributed by atoms with Crippen LogP contribution >= 0.6 is 0 Å². The van der Waals surface area contributed by atoms with Crippen LogP contribution in [-0.2, 0) is 33.7 Å². The van der Waals surface area contributed by atoms with E-state index in [1.54, 1.807) is 12.1 Å². The number of hydrogen-bond acceptors (Lipinski definition) is 6. The topological polar surface area (TPSA) is 81.1 Å². The lowest BCUT2D eigenvalue weighted by Crippen LogP contribution is -2.38. The molecule has 8 heteroatoms. The number of ether oxygens (including phenoxy) is 3. The summed E-state index contributed by atoms with van der Waals surface area (Å²) in [5.41, 5.74) is 6.30. The van der Waals surface area contributed by atoms with Crippen molar-refractivity contribution in [1.82, 2.24) is 4.98 Å². The van der Waals surface area contributed by atoms with Crippen molar-refractivity contribution in [3.63, 3.8) is 0 Å². The number of pyridine rings is 1. The van der Waals surface area contributed by atoms with E-state index in [-0.39, 0.29) is 24.3 Å². The fourth-order valence-corrected chi connectivity index (χ4v) is 5.36. The number of carboxylic acid groups (broad SMARTS) is 1. The Bertz CT molecular complexity index is 1320. The highest BCUT2D eigenvalue weighted by Gasteiger charge is 2.31. The molecule has 0 aliphatic carbocycles. The van der Waals surface area contributed by atoms with Gasteiger partial charge in [-0.05, 0) is 67.5 Å². The number of benzene rings is 2. The van der Waals surface area contributed by atoms with Gasteiger partial charge in [-0.2, -0.15) is 0 Å². The zero-order valence-electron chi connectivity index (χ0n) is 25.2. The predicted molar refractivity (Wildman–Crippen MR) is 163 cm³/mol. The summed E-state index contributed by atoms with van der Waals surface area (Å²) in [5, 5.41) is 9.94. The van der Waals surface area contributed by atoms with E-state index in [2.05, 4.69) is 18.7 Å². The average Bonchev–Trinajstić information content (AvgIpc) is 2.95. The summed E-state index contributed by atoms with van der Waals surface area (Å²) in [5.74, 6) is -0.412. The molecule has 7 nitrogen and oxygen atoms in total. The molecule has 0 unspecified atom stereocenters. The first-order valence-corrected chi connectivity index (χ1v) is 14.8. The van der Waals surface area contributed by atoms with E-state index >= 15 is 0 Å². The van der Waals surface area contributed by atoms with Gasteiger partial charge >= 0.3 is 5.97 Å². The highest BCUT2D eigenvalue weighted by molar-refractivity contribution is 5.86. The number of anilines is 1. The number of aryl methyl sites for hydroxylation is 1. The number of aliphatic carboxylic acids is 1. The molecule has 2 heterocycles. The van der Waals surface area contributed by atoms with Gasteiger partial charge in [0.1, 0.15) is 11.6 Å². The van der Waals surface area contributed by atoms with E-state index in [9.17, 15) is 14.3 Å². The molecule has 2 aromatic carbocycles. The standard InChI is InChI=1S/C34H43FN2O5/c1-5-40-20-21-41-23-30-29(22-31(38)39)33(37-17-15-34(3,4)16-18-37)32(24(2)36-30)26-8-12-28(13-9-26)42-19-14-25-6-10-27(35)11-7-25/h6-13H,5,14-23H2,1-4H3,(H,38,39). The van der Waals surface area contributed by atoms with E-state index < -0.39 is 5.97 Å². The summed E-state index contributed by atoms with van der Waals surface area (Å²) in [6, 6.07) is 14.3. The Morgan fingerprint density at radius 2 is 1.67 bits per heavy atom. The van der Waals surface area contributed by atoms with E-state index in [0.717, 1.165) is 59.8 Å². The number of carboxylic acids is 1. The van der Waals surface area contributed by atoms with E-state index in [1.165, 1.54) is 12.1 Å². The van der Waals surface area contributed by atoms with Crippen LogP contribution in [-0.4, -0.2) is 55.6 Å². The van der Waals surface area contributed by atoms with Crippen molar-refractivity contribution < 1.29 is 28.5 Å². The van der Waals surface area contributed by atoms with Crippen molar-refractivity contribution >= 4 is 11.7 Å². The lowest BCUT2D eigenvalue weighted by molar-refractivity contribution is -0.136. The summed E-state index contributed by atoms with van der Waals surface area (Å²) in [7, 11) is 0. The Morgan fingerprint density at radius 1 is 1.00 bits per heavy atom. The van der Waals surface area contributed by atoms with Crippen LogP contribution in [0.2, 0.25) is 0 Å². The lowest BCUT2D eigenvalue weighted by atomic mass is 9.82. The number of halogens is 1. The SMILES string of the molecule is CCOCCOCc1nc(C)c(-c2ccc(OCCc3ccc(F)cc3)cc2)c(N2CCC(C)(C)CC2)c1CC(=O)O.